The Labute approximate surface area is 196 Å². The fraction of sp³-hybridized carbons (Fsp3) is 0.360. The van der Waals surface area contributed by atoms with Crippen LogP contribution in [0.1, 0.15) is 29.5 Å². The second-order valence-electron chi connectivity index (χ2n) is 9.09. The molecule has 3 heterocycles. The van der Waals surface area contributed by atoms with Crippen molar-refractivity contribution in [1.29, 1.82) is 0 Å². The fourth-order valence-corrected chi connectivity index (χ4v) is 5.74. The average Bonchev–Trinajstić information content (AvgIpc) is 3.40. The molecule has 4 N–H and O–H groups in total. The van der Waals surface area contributed by atoms with Gasteiger partial charge in [-0.15, -0.1) is 0 Å². The molecule has 34 heavy (non-hydrogen) atoms. The van der Waals surface area contributed by atoms with Crippen molar-refractivity contribution in [2.45, 2.75) is 37.9 Å². The monoisotopic (exact) mass is 462 g/mol. The van der Waals surface area contributed by atoms with Crippen molar-refractivity contribution in [3.8, 4) is 5.75 Å². The van der Waals surface area contributed by atoms with Crippen LogP contribution in [0.5, 0.6) is 5.75 Å². The van der Waals surface area contributed by atoms with Crippen LogP contribution in [-0.2, 0) is 31.3 Å². The van der Waals surface area contributed by atoms with Crippen molar-refractivity contribution in [3.05, 3.63) is 59.2 Å². The molecule has 4 amide bonds. The number of fused-ring (bicyclic) bond motifs is 4. The number of methoxy groups -OCH3 is 1. The molecule has 176 valence electrons. The number of likely N-dealkylation sites (tertiary alicyclic amines) is 1. The smallest absolute Gasteiger partial charge is 0.250 e. The third-order valence-electron chi connectivity index (χ3n) is 7.27. The minimum Gasteiger partial charge on any atom is -0.496 e. The summed E-state index contributed by atoms with van der Waals surface area (Å²) in [5.41, 5.74) is 6.84. The number of rotatable bonds is 6. The largest absolute Gasteiger partial charge is 0.496 e. The second kappa shape index (κ2) is 7.95. The third-order valence-corrected chi connectivity index (χ3v) is 7.27. The molecule has 4 unspecified atom stereocenters. The summed E-state index contributed by atoms with van der Waals surface area (Å²) in [5, 5.41) is 6.23. The number of hydrogen-bond acceptors (Lipinski definition) is 6. The Morgan fingerprint density at radius 2 is 1.88 bits per heavy atom. The third kappa shape index (κ3) is 3.03. The first-order chi connectivity index (χ1) is 16.3. The van der Waals surface area contributed by atoms with Crippen LogP contribution in [-0.4, -0.2) is 41.7 Å². The molecule has 0 bridgehead atoms. The fourth-order valence-electron chi connectivity index (χ4n) is 5.74. The maximum atomic E-state index is 13.8. The summed E-state index contributed by atoms with van der Waals surface area (Å²) in [4.78, 5) is 53.7. The number of imide groups is 1. The summed E-state index contributed by atoms with van der Waals surface area (Å²) in [7, 11) is 1.53. The summed E-state index contributed by atoms with van der Waals surface area (Å²) in [6, 6.07) is 12.1. The van der Waals surface area contributed by atoms with Crippen LogP contribution in [0.15, 0.2) is 42.5 Å². The Kier molecular flexibility index (Phi) is 5.16. The van der Waals surface area contributed by atoms with Crippen molar-refractivity contribution in [2.75, 3.05) is 12.4 Å². The van der Waals surface area contributed by atoms with Crippen LogP contribution in [0.4, 0.5) is 5.69 Å². The molecule has 0 radical (unpaired) electrons. The Hall–Kier alpha value is -3.72. The number of benzene rings is 2. The van der Waals surface area contributed by atoms with Gasteiger partial charge >= 0.3 is 0 Å². The van der Waals surface area contributed by atoms with Crippen LogP contribution in [0.2, 0.25) is 0 Å². The van der Waals surface area contributed by atoms with Gasteiger partial charge in [0.05, 0.1) is 25.5 Å². The number of para-hydroxylation sites is 2. The van der Waals surface area contributed by atoms with E-state index >= 15 is 0 Å². The highest BCUT2D eigenvalue weighted by Gasteiger charge is 2.70. The number of primary amides is 1. The zero-order valence-electron chi connectivity index (χ0n) is 19.0. The van der Waals surface area contributed by atoms with E-state index in [9.17, 15) is 19.2 Å². The van der Waals surface area contributed by atoms with E-state index in [1.807, 2.05) is 31.2 Å². The standard InChI is InChI=1S/C25H26N4O5/c1-13-6-5-8-15-21(13)27-24(33)25(15)20-19(16(28-25)10-11-18(26)30)22(31)29(23(20)32)12-14-7-3-4-9-17(14)34-2/h3-9,16,19-20,28H,10-12H2,1-2H3,(H2,26,30)(H,27,33). The van der Waals surface area contributed by atoms with Crippen LogP contribution in [0.3, 0.4) is 0 Å². The van der Waals surface area contributed by atoms with Crippen molar-refractivity contribution < 1.29 is 23.9 Å². The molecule has 4 atom stereocenters. The van der Waals surface area contributed by atoms with Gasteiger partial charge in [-0.2, -0.15) is 0 Å². The van der Waals surface area contributed by atoms with E-state index in [0.29, 0.717) is 22.6 Å². The number of anilines is 1. The normalized spacial score (nSPS) is 27.2. The van der Waals surface area contributed by atoms with E-state index in [1.54, 1.807) is 18.2 Å². The van der Waals surface area contributed by atoms with Gasteiger partial charge in [0.25, 0.3) is 0 Å². The van der Waals surface area contributed by atoms with Crippen molar-refractivity contribution in [1.82, 2.24) is 10.2 Å². The summed E-state index contributed by atoms with van der Waals surface area (Å²) < 4.78 is 5.40. The zero-order valence-corrected chi connectivity index (χ0v) is 19.0. The lowest BCUT2D eigenvalue weighted by molar-refractivity contribution is -0.143. The van der Waals surface area contributed by atoms with Crippen molar-refractivity contribution in [3.63, 3.8) is 0 Å². The number of amides is 4. The van der Waals surface area contributed by atoms with Gasteiger partial charge in [-0.05, 0) is 25.0 Å². The van der Waals surface area contributed by atoms with Crippen LogP contribution in [0, 0.1) is 18.8 Å². The molecule has 0 aliphatic carbocycles. The average molecular weight is 463 g/mol. The number of carbonyl (C=O) groups excluding carboxylic acids is 4. The second-order valence-corrected chi connectivity index (χ2v) is 9.09. The molecule has 3 aliphatic rings. The number of carbonyl (C=O) groups is 4. The van der Waals surface area contributed by atoms with Gasteiger partial charge < -0.3 is 15.8 Å². The van der Waals surface area contributed by atoms with Crippen LogP contribution >= 0.6 is 0 Å². The lowest BCUT2D eigenvalue weighted by atomic mass is 9.76. The summed E-state index contributed by atoms with van der Waals surface area (Å²) in [5.74, 6) is -2.82. The molecule has 0 aromatic heterocycles. The van der Waals surface area contributed by atoms with Gasteiger partial charge in [0, 0.05) is 29.3 Å². The number of ether oxygens (including phenoxy) is 1. The Balaban J connectivity index is 1.59. The first kappa shape index (κ1) is 22.1. The Morgan fingerprint density at radius 1 is 1.12 bits per heavy atom. The SMILES string of the molecule is COc1ccccc1CN1C(=O)C2C(CCC(N)=O)NC3(C(=O)Nc4c(C)cccc43)C2C1=O. The first-order valence-electron chi connectivity index (χ1n) is 11.2. The highest BCUT2D eigenvalue weighted by molar-refractivity contribution is 6.15. The number of hydrogen-bond donors (Lipinski definition) is 3. The van der Waals surface area contributed by atoms with Gasteiger partial charge in [-0.3, -0.25) is 29.4 Å². The van der Waals surface area contributed by atoms with E-state index in [0.717, 1.165) is 5.56 Å². The molecule has 3 aliphatic heterocycles. The number of aryl methyl sites for hydroxylation is 1. The molecule has 1 spiro atoms. The molecule has 2 aromatic rings. The van der Waals surface area contributed by atoms with Gasteiger partial charge in [-0.1, -0.05) is 36.4 Å². The van der Waals surface area contributed by atoms with Gasteiger partial charge in [0.15, 0.2) is 0 Å². The number of nitrogens with two attached hydrogens (primary N) is 1. The number of nitrogens with one attached hydrogen (secondary N) is 2. The predicted molar refractivity (Wildman–Crippen MR) is 122 cm³/mol. The lowest BCUT2D eigenvalue weighted by Crippen LogP contribution is -2.53. The quantitative estimate of drug-likeness (QED) is 0.553. The molecular weight excluding hydrogens is 436 g/mol. The van der Waals surface area contributed by atoms with Gasteiger partial charge in [-0.25, -0.2) is 0 Å². The Bertz CT molecular complexity index is 1230. The van der Waals surface area contributed by atoms with Gasteiger partial charge in [0.2, 0.25) is 23.6 Å². The minimum atomic E-state index is -1.39. The topological polar surface area (TPSA) is 131 Å². The summed E-state index contributed by atoms with van der Waals surface area (Å²) in [6.07, 6.45) is 0.279. The molecule has 9 nitrogen and oxygen atoms in total. The lowest BCUT2D eigenvalue weighted by Gasteiger charge is -2.29. The first-order valence-corrected chi connectivity index (χ1v) is 11.2. The predicted octanol–water partition coefficient (Wildman–Crippen LogP) is 1.19. The molecule has 5 rings (SSSR count). The van der Waals surface area contributed by atoms with Gasteiger partial charge in [0.1, 0.15) is 11.3 Å². The molecule has 0 saturated carbocycles. The molecular formula is C25H26N4O5. The summed E-state index contributed by atoms with van der Waals surface area (Å²) in [6.45, 7) is 1.92. The highest BCUT2D eigenvalue weighted by atomic mass is 16.5. The van der Waals surface area contributed by atoms with E-state index in [2.05, 4.69) is 10.6 Å². The van der Waals surface area contributed by atoms with E-state index in [4.69, 9.17) is 10.5 Å². The summed E-state index contributed by atoms with van der Waals surface area (Å²) >= 11 is 0. The van der Waals surface area contributed by atoms with E-state index in [-0.39, 0.29) is 31.2 Å². The zero-order chi connectivity index (χ0) is 24.2. The van der Waals surface area contributed by atoms with E-state index < -0.39 is 35.2 Å². The molecule has 2 fully saturated rings. The Morgan fingerprint density at radius 3 is 2.62 bits per heavy atom. The minimum absolute atomic E-state index is 0.0350. The molecule has 9 heteroatoms. The number of nitrogens with zero attached hydrogens (tertiary/aromatic N) is 1. The van der Waals surface area contributed by atoms with Crippen LogP contribution < -0.4 is 21.1 Å². The maximum absolute atomic E-state index is 13.8. The maximum Gasteiger partial charge on any atom is 0.250 e. The highest BCUT2D eigenvalue weighted by Crippen LogP contribution is 2.54. The molecule has 2 saturated heterocycles. The van der Waals surface area contributed by atoms with Crippen molar-refractivity contribution >= 4 is 29.3 Å². The van der Waals surface area contributed by atoms with Crippen molar-refractivity contribution in [2.24, 2.45) is 17.6 Å². The van der Waals surface area contributed by atoms with Crippen LogP contribution in [0.25, 0.3) is 0 Å². The molecule has 2 aromatic carbocycles. The van der Waals surface area contributed by atoms with E-state index in [1.165, 1.54) is 12.0 Å².